The summed E-state index contributed by atoms with van der Waals surface area (Å²) in [4.78, 5) is 24.6. The molecule has 2 rings (SSSR count). The van der Waals surface area contributed by atoms with Crippen LogP contribution in [0.5, 0.6) is 0 Å². The third-order valence-electron chi connectivity index (χ3n) is 4.48. The number of nitrogens with one attached hydrogen (secondary N) is 1. The number of carbonyl (C=O) groups excluding carboxylic acids is 2. The molecule has 2 atom stereocenters. The number of alkyl halides is 3. The second-order valence-corrected chi connectivity index (χ2v) is 6.47. The quantitative estimate of drug-likeness (QED) is 0.673. The van der Waals surface area contributed by atoms with Gasteiger partial charge in [-0.1, -0.05) is 62.7 Å². The highest BCUT2D eigenvalue weighted by molar-refractivity contribution is 5.94. The number of benzene rings is 2. The first kappa shape index (κ1) is 21.5. The van der Waals surface area contributed by atoms with E-state index in [1.165, 1.54) is 12.1 Å². The zero-order valence-electron chi connectivity index (χ0n) is 15.6. The first-order chi connectivity index (χ1) is 13.2. The van der Waals surface area contributed by atoms with Gasteiger partial charge in [0.25, 0.3) is 5.91 Å². The molecule has 0 saturated carbocycles. The van der Waals surface area contributed by atoms with Crippen LogP contribution in [0.2, 0.25) is 0 Å². The number of amides is 1. The fraction of sp³-hybridized carbons (Fsp3) is 0.333. The Kier molecular flexibility index (Phi) is 7.20. The van der Waals surface area contributed by atoms with Crippen LogP contribution in [0, 0.1) is 5.92 Å². The van der Waals surface area contributed by atoms with Gasteiger partial charge in [0.05, 0.1) is 17.2 Å². The van der Waals surface area contributed by atoms with Crippen LogP contribution in [0.15, 0.2) is 54.6 Å². The molecule has 0 spiro atoms. The molecule has 7 heteroatoms. The Balaban J connectivity index is 2.05. The van der Waals surface area contributed by atoms with Gasteiger partial charge in [0.2, 0.25) is 0 Å². The molecule has 0 fully saturated rings. The minimum Gasteiger partial charge on any atom is -0.455 e. The lowest BCUT2D eigenvalue weighted by molar-refractivity contribution is -0.150. The molecule has 1 N–H and O–H groups in total. The molecule has 0 heterocycles. The Morgan fingerprint density at radius 3 is 2.25 bits per heavy atom. The fourth-order valence-electron chi connectivity index (χ4n) is 2.85. The third kappa shape index (κ3) is 5.58. The molecule has 0 aliphatic rings. The van der Waals surface area contributed by atoms with Gasteiger partial charge < -0.3 is 10.1 Å². The lowest BCUT2D eigenvalue weighted by atomic mass is 9.86. The summed E-state index contributed by atoms with van der Waals surface area (Å²) in [7, 11) is 0. The lowest BCUT2D eigenvalue weighted by Gasteiger charge is -2.22. The Morgan fingerprint density at radius 1 is 1.04 bits per heavy atom. The normalized spacial score (nSPS) is 13.5. The van der Waals surface area contributed by atoms with E-state index in [1.807, 2.05) is 19.9 Å². The fourth-order valence-corrected chi connectivity index (χ4v) is 2.85. The van der Waals surface area contributed by atoms with Gasteiger partial charge in [0.15, 0.2) is 6.61 Å². The Morgan fingerprint density at radius 2 is 1.64 bits per heavy atom. The maximum absolute atomic E-state index is 13.0. The third-order valence-corrected chi connectivity index (χ3v) is 4.48. The summed E-state index contributed by atoms with van der Waals surface area (Å²) in [6, 6.07) is 13.7. The summed E-state index contributed by atoms with van der Waals surface area (Å²) in [5.74, 6) is -1.99. The van der Waals surface area contributed by atoms with Gasteiger partial charge in [0, 0.05) is 0 Å². The topological polar surface area (TPSA) is 55.4 Å². The zero-order chi connectivity index (χ0) is 20.7. The molecule has 2 aromatic carbocycles. The summed E-state index contributed by atoms with van der Waals surface area (Å²) < 4.78 is 44.1. The van der Waals surface area contributed by atoms with Crippen molar-refractivity contribution < 1.29 is 27.5 Å². The molecule has 0 bridgehead atoms. The highest BCUT2D eigenvalue weighted by Crippen LogP contribution is 2.34. The molecule has 4 nitrogen and oxygen atoms in total. The number of hydrogen-bond donors (Lipinski definition) is 1. The summed E-state index contributed by atoms with van der Waals surface area (Å²) in [6.07, 6.45) is -3.88. The van der Waals surface area contributed by atoms with Crippen LogP contribution < -0.4 is 5.32 Å². The van der Waals surface area contributed by atoms with Crippen LogP contribution in [-0.2, 0) is 20.5 Å². The lowest BCUT2D eigenvalue weighted by Crippen LogP contribution is -2.27. The Hall–Kier alpha value is -2.83. The van der Waals surface area contributed by atoms with Crippen LogP contribution in [0.1, 0.15) is 37.3 Å². The van der Waals surface area contributed by atoms with E-state index in [2.05, 4.69) is 5.32 Å². The molecule has 0 unspecified atom stereocenters. The largest absolute Gasteiger partial charge is 0.455 e. The van der Waals surface area contributed by atoms with Gasteiger partial charge >= 0.3 is 12.1 Å². The monoisotopic (exact) mass is 393 g/mol. The highest BCUT2D eigenvalue weighted by atomic mass is 19.4. The molecule has 0 aliphatic heterocycles. The van der Waals surface area contributed by atoms with Gasteiger partial charge in [-0.2, -0.15) is 13.2 Å². The van der Waals surface area contributed by atoms with Gasteiger partial charge in [0.1, 0.15) is 0 Å². The van der Waals surface area contributed by atoms with Crippen molar-refractivity contribution in [1.29, 1.82) is 0 Å². The summed E-state index contributed by atoms with van der Waals surface area (Å²) in [5.41, 5.74) is -0.571. The molecule has 0 saturated heterocycles. The number of anilines is 1. The molecule has 1 amide bonds. The van der Waals surface area contributed by atoms with Crippen LogP contribution >= 0.6 is 0 Å². The van der Waals surface area contributed by atoms with E-state index in [-0.39, 0.29) is 11.6 Å². The average Bonchev–Trinajstić information content (AvgIpc) is 2.67. The van der Waals surface area contributed by atoms with Gasteiger partial charge in [-0.05, 0) is 23.6 Å². The second kappa shape index (κ2) is 9.39. The number of ether oxygens (including phenoxy) is 1. The minimum atomic E-state index is -4.60. The predicted molar refractivity (Wildman–Crippen MR) is 99.7 cm³/mol. The molecule has 0 radical (unpaired) electrons. The van der Waals surface area contributed by atoms with Crippen molar-refractivity contribution in [2.45, 2.75) is 32.4 Å². The van der Waals surface area contributed by atoms with Crippen molar-refractivity contribution in [3.8, 4) is 0 Å². The second-order valence-electron chi connectivity index (χ2n) is 6.47. The molecule has 28 heavy (non-hydrogen) atoms. The molecule has 2 aromatic rings. The molecule has 0 aliphatic carbocycles. The number of carbonyl (C=O) groups is 2. The number of halogens is 3. The van der Waals surface area contributed by atoms with Crippen molar-refractivity contribution in [1.82, 2.24) is 0 Å². The Labute approximate surface area is 161 Å². The van der Waals surface area contributed by atoms with Gasteiger partial charge in [-0.3, -0.25) is 9.59 Å². The Bertz CT molecular complexity index is 806. The minimum absolute atomic E-state index is 0.0242. The van der Waals surface area contributed by atoms with Crippen molar-refractivity contribution in [2.24, 2.45) is 5.92 Å². The maximum Gasteiger partial charge on any atom is 0.418 e. The van der Waals surface area contributed by atoms with Crippen LogP contribution in [0.25, 0.3) is 0 Å². The van der Waals surface area contributed by atoms with Crippen LogP contribution in [0.3, 0.4) is 0 Å². The predicted octanol–water partition coefficient (Wildman–Crippen LogP) is 5.02. The van der Waals surface area contributed by atoms with Crippen molar-refractivity contribution in [2.75, 3.05) is 11.9 Å². The first-order valence-corrected chi connectivity index (χ1v) is 8.91. The number of esters is 1. The van der Waals surface area contributed by atoms with E-state index >= 15 is 0 Å². The zero-order valence-corrected chi connectivity index (χ0v) is 15.6. The SMILES string of the molecule is CC[C@H](C)[C@H](C(=O)OCC(=O)Nc1ccccc1C(F)(F)F)c1ccccc1. The summed E-state index contributed by atoms with van der Waals surface area (Å²) >= 11 is 0. The van der Waals surface area contributed by atoms with Crippen molar-refractivity contribution >= 4 is 17.6 Å². The van der Waals surface area contributed by atoms with Crippen LogP contribution in [0.4, 0.5) is 18.9 Å². The van der Waals surface area contributed by atoms with Gasteiger partial charge in [-0.25, -0.2) is 0 Å². The summed E-state index contributed by atoms with van der Waals surface area (Å²) in [6.45, 7) is 3.18. The van der Waals surface area contributed by atoms with E-state index < -0.39 is 36.1 Å². The van der Waals surface area contributed by atoms with E-state index in [0.29, 0.717) is 0 Å². The standard InChI is InChI=1S/C21H22F3NO3/c1-3-14(2)19(15-9-5-4-6-10-15)20(27)28-13-18(26)25-17-12-8-7-11-16(17)21(22,23)24/h4-12,14,19H,3,13H2,1-2H3,(H,25,26)/t14-,19-/m0/s1. The maximum atomic E-state index is 13.0. The molecular formula is C21H22F3NO3. The van der Waals surface area contributed by atoms with E-state index in [0.717, 1.165) is 24.1 Å². The first-order valence-electron chi connectivity index (χ1n) is 8.91. The highest BCUT2D eigenvalue weighted by Gasteiger charge is 2.34. The van der Waals surface area contributed by atoms with Crippen molar-refractivity contribution in [3.05, 3.63) is 65.7 Å². The number of hydrogen-bond acceptors (Lipinski definition) is 3. The smallest absolute Gasteiger partial charge is 0.418 e. The molecule has 0 aromatic heterocycles. The van der Waals surface area contributed by atoms with E-state index in [9.17, 15) is 22.8 Å². The average molecular weight is 393 g/mol. The number of rotatable bonds is 7. The van der Waals surface area contributed by atoms with E-state index in [4.69, 9.17) is 4.74 Å². The van der Waals surface area contributed by atoms with Crippen molar-refractivity contribution in [3.63, 3.8) is 0 Å². The van der Waals surface area contributed by atoms with Crippen LogP contribution in [-0.4, -0.2) is 18.5 Å². The molecular weight excluding hydrogens is 371 g/mol. The van der Waals surface area contributed by atoms with E-state index in [1.54, 1.807) is 24.3 Å². The number of para-hydroxylation sites is 1. The summed E-state index contributed by atoms with van der Waals surface area (Å²) in [5, 5.41) is 2.16. The molecule has 150 valence electrons. The van der Waals surface area contributed by atoms with Gasteiger partial charge in [-0.15, -0.1) is 0 Å².